The van der Waals surface area contributed by atoms with Crippen LogP contribution in [0.25, 0.3) is 0 Å². The van der Waals surface area contributed by atoms with Crippen LogP contribution in [-0.4, -0.2) is 46.3 Å². The van der Waals surface area contributed by atoms with Gasteiger partial charge in [0.25, 0.3) is 5.91 Å². The molecule has 2 rings (SSSR count). The molecule has 88 valence electrons. The van der Waals surface area contributed by atoms with Gasteiger partial charge >= 0.3 is 0 Å². The highest BCUT2D eigenvalue weighted by Gasteiger charge is 2.32. The summed E-state index contributed by atoms with van der Waals surface area (Å²) in [4.78, 5) is 13.4. The number of rotatable bonds is 1. The van der Waals surface area contributed by atoms with Crippen molar-refractivity contribution in [2.24, 2.45) is 0 Å². The normalized spacial score (nSPS) is 23.5. The largest absolute Gasteiger partial charge is 0.388 e. The predicted molar refractivity (Wildman–Crippen MR) is 59.1 cm³/mol. The van der Waals surface area contributed by atoms with E-state index >= 15 is 0 Å². The van der Waals surface area contributed by atoms with Crippen LogP contribution in [0.15, 0.2) is 24.3 Å². The van der Waals surface area contributed by atoms with Gasteiger partial charge in [0, 0.05) is 18.7 Å². The first kappa shape index (κ1) is 11.6. The van der Waals surface area contributed by atoms with E-state index in [2.05, 4.69) is 0 Å². The summed E-state index contributed by atoms with van der Waals surface area (Å²) in [6.07, 6.45) is -1.75. The number of aliphatic hydroxyl groups excluding tert-OH is 2. The Balaban J connectivity index is 2.12. The molecule has 5 nitrogen and oxygen atoms in total. The molecule has 0 aliphatic carbocycles. The van der Waals surface area contributed by atoms with Crippen LogP contribution in [0.1, 0.15) is 15.9 Å². The third-order valence-corrected chi connectivity index (χ3v) is 2.81. The van der Waals surface area contributed by atoms with Gasteiger partial charge in [-0.1, -0.05) is 0 Å². The molecule has 5 heteroatoms. The van der Waals surface area contributed by atoms with Crippen molar-refractivity contribution < 1.29 is 15.0 Å². The summed E-state index contributed by atoms with van der Waals surface area (Å²) in [7, 11) is 0. The van der Waals surface area contributed by atoms with E-state index in [1.54, 1.807) is 24.3 Å². The van der Waals surface area contributed by atoms with Crippen molar-refractivity contribution in [2.45, 2.75) is 12.2 Å². The van der Waals surface area contributed by atoms with Crippen molar-refractivity contribution in [1.82, 2.24) is 4.90 Å². The van der Waals surface area contributed by atoms with Gasteiger partial charge in [0.1, 0.15) is 0 Å². The molecule has 1 saturated heterocycles. The molecule has 0 spiro atoms. The molecule has 1 aliphatic rings. The number of nitrogens with zero attached hydrogens (tertiary/aromatic N) is 2. The predicted octanol–water partition coefficient (Wildman–Crippen LogP) is -0.264. The number of hydrogen-bond donors (Lipinski definition) is 2. The third kappa shape index (κ3) is 2.28. The summed E-state index contributed by atoms with van der Waals surface area (Å²) in [6, 6.07) is 8.24. The van der Waals surface area contributed by atoms with Crippen LogP contribution in [0.2, 0.25) is 0 Å². The minimum Gasteiger partial charge on any atom is -0.388 e. The van der Waals surface area contributed by atoms with E-state index < -0.39 is 12.2 Å². The number of nitriles is 1. The topological polar surface area (TPSA) is 84.6 Å². The second kappa shape index (κ2) is 4.53. The lowest BCUT2D eigenvalue weighted by molar-refractivity contribution is 0.0572. The molecule has 1 heterocycles. The van der Waals surface area contributed by atoms with E-state index in [1.807, 2.05) is 6.07 Å². The smallest absolute Gasteiger partial charge is 0.254 e. The van der Waals surface area contributed by atoms with Crippen LogP contribution < -0.4 is 0 Å². The van der Waals surface area contributed by atoms with E-state index in [9.17, 15) is 15.0 Å². The molecular weight excluding hydrogens is 220 g/mol. The average molecular weight is 232 g/mol. The van der Waals surface area contributed by atoms with Gasteiger partial charge in [0.15, 0.2) is 0 Å². The SMILES string of the molecule is N#Cc1ccc(C(=O)N2CC(O)C(O)C2)cc1. The maximum absolute atomic E-state index is 12.0. The van der Waals surface area contributed by atoms with Crippen LogP contribution >= 0.6 is 0 Å². The molecule has 0 saturated carbocycles. The minimum absolute atomic E-state index is 0.139. The maximum atomic E-state index is 12.0. The first-order valence-corrected chi connectivity index (χ1v) is 5.27. The van der Waals surface area contributed by atoms with Crippen LogP contribution in [0, 0.1) is 11.3 Å². The second-order valence-electron chi connectivity index (χ2n) is 4.03. The quantitative estimate of drug-likeness (QED) is 0.698. The fourth-order valence-corrected chi connectivity index (χ4v) is 1.81. The maximum Gasteiger partial charge on any atom is 0.254 e. The standard InChI is InChI=1S/C12H12N2O3/c13-5-8-1-3-9(4-2-8)12(17)14-6-10(15)11(16)7-14/h1-4,10-11,15-16H,6-7H2. The Morgan fingerprint density at radius 2 is 1.76 bits per heavy atom. The van der Waals surface area contributed by atoms with Gasteiger partial charge in [-0.3, -0.25) is 4.79 Å². The van der Waals surface area contributed by atoms with E-state index in [4.69, 9.17) is 5.26 Å². The summed E-state index contributed by atoms with van der Waals surface area (Å²) < 4.78 is 0. The van der Waals surface area contributed by atoms with Crippen molar-refractivity contribution in [3.63, 3.8) is 0 Å². The number of β-amino-alcohol motifs (C(OH)–C–C–N with tert-alkyl or cyclic N) is 2. The first-order valence-electron chi connectivity index (χ1n) is 5.27. The highest BCUT2D eigenvalue weighted by atomic mass is 16.3. The zero-order valence-electron chi connectivity index (χ0n) is 9.08. The van der Waals surface area contributed by atoms with E-state index in [1.165, 1.54) is 4.90 Å². The highest BCUT2D eigenvalue weighted by molar-refractivity contribution is 5.94. The van der Waals surface area contributed by atoms with Gasteiger partial charge < -0.3 is 15.1 Å². The Bertz CT molecular complexity index is 454. The Labute approximate surface area is 98.5 Å². The van der Waals surface area contributed by atoms with Crippen molar-refractivity contribution in [3.05, 3.63) is 35.4 Å². The third-order valence-electron chi connectivity index (χ3n) is 2.81. The number of carbonyl (C=O) groups excluding carboxylic acids is 1. The summed E-state index contributed by atoms with van der Waals surface area (Å²) in [5, 5.41) is 27.4. The summed E-state index contributed by atoms with van der Waals surface area (Å²) in [5.74, 6) is -0.245. The molecule has 0 radical (unpaired) electrons. The summed E-state index contributed by atoms with van der Waals surface area (Å²) in [5.41, 5.74) is 0.938. The van der Waals surface area contributed by atoms with E-state index in [0.29, 0.717) is 11.1 Å². The molecule has 2 atom stereocenters. The van der Waals surface area contributed by atoms with Crippen LogP contribution in [0.4, 0.5) is 0 Å². The molecule has 0 aromatic heterocycles. The molecule has 1 fully saturated rings. The van der Waals surface area contributed by atoms with Gasteiger partial charge in [-0.05, 0) is 24.3 Å². The van der Waals surface area contributed by atoms with Gasteiger partial charge in [-0.25, -0.2) is 0 Å². The number of likely N-dealkylation sites (tertiary alicyclic amines) is 1. The number of amides is 1. The van der Waals surface area contributed by atoms with E-state index in [0.717, 1.165) is 0 Å². The van der Waals surface area contributed by atoms with Crippen molar-refractivity contribution in [3.8, 4) is 6.07 Å². The van der Waals surface area contributed by atoms with Crippen LogP contribution in [-0.2, 0) is 0 Å². The van der Waals surface area contributed by atoms with Gasteiger partial charge in [-0.2, -0.15) is 5.26 Å². The molecule has 17 heavy (non-hydrogen) atoms. The van der Waals surface area contributed by atoms with Crippen LogP contribution in [0.3, 0.4) is 0 Å². The lowest BCUT2D eigenvalue weighted by Gasteiger charge is -2.15. The summed E-state index contributed by atoms with van der Waals surface area (Å²) in [6.45, 7) is 0.278. The Morgan fingerprint density at radius 1 is 1.24 bits per heavy atom. The number of benzene rings is 1. The Hall–Kier alpha value is -1.90. The molecule has 1 aromatic carbocycles. The fraction of sp³-hybridized carbons (Fsp3) is 0.333. The minimum atomic E-state index is -0.877. The monoisotopic (exact) mass is 232 g/mol. The summed E-state index contributed by atoms with van der Waals surface area (Å²) >= 11 is 0. The molecule has 2 N–H and O–H groups in total. The zero-order chi connectivity index (χ0) is 12.4. The van der Waals surface area contributed by atoms with E-state index in [-0.39, 0.29) is 19.0 Å². The fourth-order valence-electron chi connectivity index (χ4n) is 1.81. The van der Waals surface area contributed by atoms with Crippen LogP contribution in [0.5, 0.6) is 0 Å². The Morgan fingerprint density at radius 3 is 2.24 bits per heavy atom. The molecular formula is C12H12N2O3. The second-order valence-corrected chi connectivity index (χ2v) is 4.03. The van der Waals surface area contributed by atoms with Gasteiger partial charge in [0.2, 0.25) is 0 Å². The lowest BCUT2D eigenvalue weighted by atomic mass is 10.1. The van der Waals surface area contributed by atoms with Crippen molar-refractivity contribution >= 4 is 5.91 Å². The molecule has 1 aliphatic heterocycles. The number of aliphatic hydroxyl groups is 2. The lowest BCUT2D eigenvalue weighted by Crippen LogP contribution is -2.29. The number of hydrogen-bond acceptors (Lipinski definition) is 4. The highest BCUT2D eigenvalue weighted by Crippen LogP contribution is 2.14. The first-order chi connectivity index (χ1) is 8.11. The molecule has 1 amide bonds. The van der Waals surface area contributed by atoms with Crippen molar-refractivity contribution in [2.75, 3.05) is 13.1 Å². The molecule has 0 bridgehead atoms. The van der Waals surface area contributed by atoms with Gasteiger partial charge in [0.05, 0.1) is 23.8 Å². The molecule has 2 unspecified atom stereocenters. The molecule has 1 aromatic rings. The average Bonchev–Trinajstić information content (AvgIpc) is 2.69. The van der Waals surface area contributed by atoms with Crippen molar-refractivity contribution in [1.29, 1.82) is 5.26 Å². The Kier molecular flexibility index (Phi) is 3.09. The van der Waals surface area contributed by atoms with Gasteiger partial charge in [-0.15, -0.1) is 0 Å². The number of carbonyl (C=O) groups is 1. The zero-order valence-corrected chi connectivity index (χ0v) is 9.08.